The summed E-state index contributed by atoms with van der Waals surface area (Å²) in [6, 6.07) is 7.27. The highest BCUT2D eigenvalue weighted by Crippen LogP contribution is 2.36. The van der Waals surface area contributed by atoms with Crippen molar-refractivity contribution < 1.29 is 32.3 Å². The normalized spacial score (nSPS) is 18.2. The van der Waals surface area contributed by atoms with Gasteiger partial charge < -0.3 is 15.0 Å². The van der Waals surface area contributed by atoms with Crippen LogP contribution < -0.4 is 15.4 Å². The predicted octanol–water partition coefficient (Wildman–Crippen LogP) is 3.26. The number of amides is 3. The average Bonchev–Trinajstić information content (AvgIpc) is 3.08. The number of nitrogens with one attached hydrogen (secondary N) is 2. The van der Waals surface area contributed by atoms with Crippen molar-refractivity contribution in [3.05, 3.63) is 64.5 Å². The van der Waals surface area contributed by atoms with Gasteiger partial charge in [0.05, 0.1) is 18.2 Å². The number of ether oxygens (including phenoxy) is 1. The lowest BCUT2D eigenvalue weighted by Gasteiger charge is -2.29. The van der Waals surface area contributed by atoms with Gasteiger partial charge in [0.2, 0.25) is 11.8 Å². The zero-order chi connectivity index (χ0) is 25.3. The van der Waals surface area contributed by atoms with Crippen LogP contribution in [0.2, 0.25) is 0 Å². The van der Waals surface area contributed by atoms with Gasteiger partial charge in [-0.1, -0.05) is 12.1 Å². The van der Waals surface area contributed by atoms with Crippen LogP contribution >= 0.6 is 0 Å². The molecule has 0 saturated carbocycles. The molecule has 1 atom stereocenters. The Bertz CT molecular complexity index is 1170. The molecule has 0 bridgehead atoms. The summed E-state index contributed by atoms with van der Waals surface area (Å²) in [4.78, 5) is 37.8. The summed E-state index contributed by atoms with van der Waals surface area (Å²) < 4.78 is 48.8. The van der Waals surface area contributed by atoms with E-state index in [9.17, 15) is 27.6 Å². The molecular weight excluding hydrogens is 463 g/mol. The van der Waals surface area contributed by atoms with Gasteiger partial charge in [-0.3, -0.25) is 19.7 Å². The van der Waals surface area contributed by atoms with Gasteiger partial charge >= 0.3 is 0 Å². The van der Waals surface area contributed by atoms with Crippen molar-refractivity contribution in [2.24, 2.45) is 0 Å². The molecule has 2 aliphatic rings. The molecule has 186 valence electrons. The molecular formula is C25H26F3N3O4. The number of rotatable bonds is 8. The second-order valence-electron chi connectivity index (χ2n) is 9.01. The molecule has 0 spiro atoms. The van der Waals surface area contributed by atoms with Gasteiger partial charge in [-0.05, 0) is 49.6 Å². The topological polar surface area (TPSA) is 87.7 Å². The molecule has 2 aromatic rings. The number of hydrogen-bond acceptors (Lipinski definition) is 5. The minimum Gasteiger partial charge on any atom is -0.490 e. The maximum Gasteiger partial charge on any atom is 0.288 e. The number of halogens is 3. The van der Waals surface area contributed by atoms with Crippen LogP contribution in [0.3, 0.4) is 0 Å². The standard InChI is InChI=1S/C25H26F3N3O4/c1-14(2)35-21-10-17(26)4-6-19(21)25(27,28)13-29-11-15-3-5-18-16(9-15)12-31(24(18)34)20-7-8-22(32)30-23(20)33/h3-6,9-10,14,20,29H,7-8,11-13H2,1-2H3,(H,30,32,33). The second-order valence-corrected chi connectivity index (χ2v) is 9.01. The Morgan fingerprint density at radius 1 is 1.17 bits per heavy atom. The number of carbonyl (C=O) groups excluding carboxylic acids is 3. The number of alkyl halides is 2. The van der Waals surface area contributed by atoms with Crippen molar-refractivity contribution in [2.45, 2.75) is 57.8 Å². The van der Waals surface area contributed by atoms with Crippen LogP contribution in [0.1, 0.15) is 53.7 Å². The molecule has 0 aromatic heterocycles. The number of fused-ring (bicyclic) bond motifs is 1. The Labute approximate surface area is 200 Å². The largest absolute Gasteiger partial charge is 0.490 e. The fraction of sp³-hybridized carbons (Fsp3) is 0.400. The molecule has 4 rings (SSSR count). The maximum atomic E-state index is 14.9. The van der Waals surface area contributed by atoms with E-state index in [1.54, 1.807) is 32.0 Å². The summed E-state index contributed by atoms with van der Waals surface area (Å²) in [5.74, 6) is -5.32. The number of imide groups is 1. The monoisotopic (exact) mass is 489 g/mol. The molecule has 2 aromatic carbocycles. The van der Waals surface area contributed by atoms with E-state index in [0.29, 0.717) is 16.7 Å². The van der Waals surface area contributed by atoms with E-state index in [0.717, 1.165) is 18.2 Å². The molecule has 35 heavy (non-hydrogen) atoms. The number of piperidine rings is 1. The molecule has 3 amide bonds. The fourth-order valence-electron chi connectivity index (χ4n) is 4.35. The van der Waals surface area contributed by atoms with Crippen molar-refractivity contribution in [1.29, 1.82) is 0 Å². The first-order chi connectivity index (χ1) is 16.5. The highest BCUT2D eigenvalue weighted by Gasteiger charge is 2.39. The Balaban J connectivity index is 1.41. The lowest BCUT2D eigenvalue weighted by Crippen LogP contribution is -2.52. The molecule has 2 heterocycles. The van der Waals surface area contributed by atoms with Crippen LogP contribution in [-0.2, 0) is 28.6 Å². The van der Waals surface area contributed by atoms with E-state index in [1.807, 2.05) is 0 Å². The summed E-state index contributed by atoms with van der Waals surface area (Å²) in [5, 5.41) is 4.98. The molecule has 0 radical (unpaired) electrons. The Hall–Kier alpha value is -3.40. The fourth-order valence-corrected chi connectivity index (χ4v) is 4.35. The van der Waals surface area contributed by atoms with E-state index in [-0.39, 0.29) is 43.5 Å². The van der Waals surface area contributed by atoms with Crippen molar-refractivity contribution in [3.63, 3.8) is 0 Å². The minimum atomic E-state index is -3.31. The molecule has 2 aliphatic heterocycles. The Kier molecular flexibility index (Phi) is 6.84. The van der Waals surface area contributed by atoms with Crippen molar-refractivity contribution in [2.75, 3.05) is 6.54 Å². The van der Waals surface area contributed by atoms with Crippen LogP contribution in [0.4, 0.5) is 13.2 Å². The maximum absolute atomic E-state index is 14.9. The third-order valence-corrected chi connectivity index (χ3v) is 5.96. The lowest BCUT2D eigenvalue weighted by molar-refractivity contribution is -0.136. The third kappa shape index (κ3) is 5.32. The van der Waals surface area contributed by atoms with E-state index in [1.165, 1.54) is 4.90 Å². The van der Waals surface area contributed by atoms with Crippen LogP contribution in [0.15, 0.2) is 36.4 Å². The van der Waals surface area contributed by atoms with E-state index >= 15 is 0 Å². The highest BCUT2D eigenvalue weighted by molar-refractivity contribution is 6.05. The van der Waals surface area contributed by atoms with Crippen molar-refractivity contribution >= 4 is 17.7 Å². The van der Waals surface area contributed by atoms with Gasteiger partial charge in [0.1, 0.15) is 17.6 Å². The molecule has 7 nitrogen and oxygen atoms in total. The van der Waals surface area contributed by atoms with Gasteiger partial charge in [0.15, 0.2) is 0 Å². The van der Waals surface area contributed by atoms with Crippen LogP contribution in [0, 0.1) is 5.82 Å². The summed E-state index contributed by atoms with van der Waals surface area (Å²) in [6.07, 6.45) is 0.0330. The van der Waals surface area contributed by atoms with E-state index in [4.69, 9.17) is 4.74 Å². The van der Waals surface area contributed by atoms with E-state index < -0.39 is 41.9 Å². The second kappa shape index (κ2) is 9.69. The Morgan fingerprint density at radius 3 is 2.66 bits per heavy atom. The zero-order valence-electron chi connectivity index (χ0n) is 19.4. The summed E-state index contributed by atoms with van der Waals surface area (Å²) >= 11 is 0. The van der Waals surface area contributed by atoms with Gasteiger partial charge in [-0.2, -0.15) is 8.78 Å². The number of benzene rings is 2. The third-order valence-electron chi connectivity index (χ3n) is 5.96. The van der Waals surface area contributed by atoms with Gasteiger partial charge in [-0.25, -0.2) is 4.39 Å². The van der Waals surface area contributed by atoms with Crippen molar-refractivity contribution in [3.8, 4) is 5.75 Å². The molecule has 2 N–H and O–H groups in total. The van der Waals surface area contributed by atoms with Crippen molar-refractivity contribution in [1.82, 2.24) is 15.5 Å². The van der Waals surface area contributed by atoms with Crippen LogP contribution in [0.5, 0.6) is 5.75 Å². The number of carbonyl (C=O) groups is 3. The summed E-state index contributed by atoms with van der Waals surface area (Å²) in [5.41, 5.74) is 1.43. The molecule has 1 fully saturated rings. The first-order valence-corrected chi connectivity index (χ1v) is 11.4. The first kappa shape index (κ1) is 24.7. The van der Waals surface area contributed by atoms with Crippen LogP contribution in [-0.4, -0.2) is 41.3 Å². The molecule has 1 saturated heterocycles. The molecule has 10 heteroatoms. The lowest BCUT2D eigenvalue weighted by atomic mass is 10.0. The first-order valence-electron chi connectivity index (χ1n) is 11.4. The Morgan fingerprint density at radius 2 is 1.94 bits per heavy atom. The smallest absolute Gasteiger partial charge is 0.288 e. The molecule has 0 aliphatic carbocycles. The summed E-state index contributed by atoms with van der Waals surface area (Å²) in [6.45, 7) is 2.95. The summed E-state index contributed by atoms with van der Waals surface area (Å²) in [7, 11) is 0. The van der Waals surface area contributed by atoms with Gasteiger partial charge in [0.25, 0.3) is 11.8 Å². The number of hydrogen-bond donors (Lipinski definition) is 2. The average molecular weight is 489 g/mol. The quantitative estimate of drug-likeness (QED) is 0.556. The van der Waals surface area contributed by atoms with Gasteiger partial charge in [-0.15, -0.1) is 0 Å². The SMILES string of the molecule is CC(C)Oc1cc(F)ccc1C(F)(F)CNCc1ccc2c(c1)CN(C1CCC(=O)NC1=O)C2=O. The van der Waals surface area contributed by atoms with Crippen LogP contribution in [0.25, 0.3) is 0 Å². The highest BCUT2D eigenvalue weighted by atomic mass is 19.3. The van der Waals surface area contributed by atoms with Gasteiger partial charge in [0, 0.05) is 31.1 Å². The zero-order valence-corrected chi connectivity index (χ0v) is 19.4. The molecule has 1 unspecified atom stereocenters. The predicted molar refractivity (Wildman–Crippen MR) is 120 cm³/mol. The van der Waals surface area contributed by atoms with E-state index in [2.05, 4.69) is 10.6 Å². The minimum absolute atomic E-state index is 0.108. The number of nitrogens with zero attached hydrogens (tertiary/aromatic N) is 1.